The second-order valence-corrected chi connectivity index (χ2v) is 7.80. The van der Waals surface area contributed by atoms with Crippen LogP contribution in [0, 0.1) is 11.3 Å². The second kappa shape index (κ2) is 6.93. The molecule has 2 aliphatic rings. The van der Waals surface area contributed by atoms with Crippen LogP contribution in [0.15, 0.2) is 53.4 Å². The quantitative estimate of drug-likeness (QED) is 0.765. The van der Waals surface area contributed by atoms with Crippen molar-refractivity contribution in [3.63, 3.8) is 0 Å². The van der Waals surface area contributed by atoms with Gasteiger partial charge in [0.15, 0.2) is 0 Å². The summed E-state index contributed by atoms with van der Waals surface area (Å²) < 4.78 is 0. The summed E-state index contributed by atoms with van der Waals surface area (Å²) >= 11 is 1.48. The molecule has 0 radical (unpaired) electrons. The molecule has 126 valence electrons. The zero-order chi connectivity index (χ0) is 17.2. The maximum atomic E-state index is 13.2. The van der Waals surface area contributed by atoms with E-state index in [9.17, 15) is 4.79 Å². The van der Waals surface area contributed by atoms with Crippen molar-refractivity contribution < 1.29 is 4.79 Å². The molecule has 0 atom stereocenters. The van der Waals surface area contributed by atoms with Gasteiger partial charge in [-0.15, -0.1) is 11.8 Å². The first-order valence-electron chi connectivity index (χ1n) is 8.75. The number of hydrogen-bond donors (Lipinski definition) is 0. The first kappa shape index (κ1) is 16.2. The fraction of sp³-hybridized carbons (Fsp3) is 0.333. The molecule has 1 amide bonds. The molecule has 4 heteroatoms. The van der Waals surface area contributed by atoms with Gasteiger partial charge in [-0.3, -0.25) is 4.79 Å². The van der Waals surface area contributed by atoms with Gasteiger partial charge in [0.1, 0.15) is 0 Å². The number of fused-ring (bicyclic) bond motifs is 1. The van der Waals surface area contributed by atoms with E-state index in [1.165, 1.54) is 22.9 Å². The van der Waals surface area contributed by atoms with Gasteiger partial charge in [0.2, 0.25) is 0 Å². The van der Waals surface area contributed by atoms with Crippen molar-refractivity contribution in [3.05, 3.63) is 65.2 Å². The molecule has 0 spiro atoms. The Morgan fingerprint density at radius 3 is 2.44 bits per heavy atom. The highest BCUT2D eigenvalue weighted by molar-refractivity contribution is 7.99. The van der Waals surface area contributed by atoms with Crippen molar-refractivity contribution in [2.75, 3.05) is 5.75 Å². The van der Waals surface area contributed by atoms with Gasteiger partial charge < -0.3 is 4.90 Å². The Balaban J connectivity index is 1.56. The molecule has 1 saturated carbocycles. The Kier molecular flexibility index (Phi) is 4.50. The first-order valence-corrected chi connectivity index (χ1v) is 9.74. The van der Waals surface area contributed by atoms with Crippen LogP contribution in [0.4, 0.5) is 0 Å². The Hall–Kier alpha value is -2.25. The van der Waals surface area contributed by atoms with Gasteiger partial charge in [0, 0.05) is 22.5 Å². The molecule has 1 fully saturated rings. The van der Waals surface area contributed by atoms with Crippen LogP contribution < -0.4 is 0 Å². The largest absolute Gasteiger partial charge is 0.332 e. The summed E-state index contributed by atoms with van der Waals surface area (Å²) in [5, 5.41) is 8.76. The average molecular weight is 348 g/mol. The van der Waals surface area contributed by atoms with Crippen LogP contribution in [0.5, 0.6) is 0 Å². The van der Waals surface area contributed by atoms with E-state index in [2.05, 4.69) is 35.2 Å². The van der Waals surface area contributed by atoms with Crippen LogP contribution in [0.2, 0.25) is 0 Å². The molecule has 2 aliphatic carbocycles. The van der Waals surface area contributed by atoms with E-state index in [1.807, 2.05) is 24.3 Å². The average Bonchev–Trinajstić information content (AvgIpc) is 3.38. The van der Waals surface area contributed by atoms with Crippen LogP contribution in [-0.2, 0) is 12.8 Å². The lowest BCUT2D eigenvalue weighted by molar-refractivity contribution is 0.0667. The molecule has 25 heavy (non-hydrogen) atoms. The van der Waals surface area contributed by atoms with Crippen molar-refractivity contribution in [2.45, 2.75) is 42.7 Å². The predicted octanol–water partition coefficient (Wildman–Crippen LogP) is 4.07. The Morgan fingerprint density at radius 2 is 1.80 bits per heavy atom. The molecule has 2 aromatic rings. The zero-order valence-corrected chi connectivity index (χ0v) is 14.8. The van der Waals surface area contributed by atoms with E-state index in [0.29, 0.717) is 11.8 Å². The van der Waals surface area contributed by atoms with Crippen molar-refractivity contribution >= 4 is 17.7 Å². The summed E-state index contributed by atoms with van der Waals surface area (Å²) in [6.45, 7) is 0. The van der Waals surface area contributed by atoms with Crippen molar-refractivity contribution in [2.24, 2.45) is 0 Å². The Labute approximate surface area is 152 Å². The number of benzene rings is 2. The molecule has 0 bridgehead atoms. The number of carbonyl (C=O) groups is 1. The Bertz CT molecular complexity index is 813. The van der Waals surface area contributed by atoms with Gasteiger partial charge in [0.05, 0.1) is 11.8 Å². The molecule has 0 aliphatic heterocycles. The summed E-state index contributed by atoms with van der Waals surface area (Å²) in [6.07, 6.45) is 4.14. The van der Waals surface area contributed by atoms with Gasteiger partial charge in [0.25, 0.3) is 5.91 Å². The van der Waals surface area contributed by atoms with E-state index in [4.69, 9.17) is 5.26 Å². The number of hydrogen-bond acceptors (Lipinski definition) is 3. The van der Waals surface area contributed by atoms with Gasteiger partial charge in [-0.2, -0.15) is 5.26 Å². The van der Waals surface area contributed by atoms with Crippen molar-refractivity contribution in [3.8, 4) is 6.07 Å². The van der Waals surface area contributed by atoms with Crippen LogP contribution in [0.25, 0.3) is 0 Å². The normalized spacial score (nSPS) is 16.3. The topological polar surface area (TPSA) is 44.1 Å². The van der Waals surface area contributed by atoms with E-state index in [0.717, 1.165) is 36.1 Å². The molecule has 0 heterocycles. The highest BCUT2D eigenvalue weighted by atomic mass is 32.2. The minimum atomic E-state index is 0.139. The zero-order valence-electron chi connectivity index (χ0n) is 14.0. The predicted molar refractivity (Wildman–Crippen MR) is 99.6 cm³/mol. The second-order valence-electron chi connectivity index (χ2n) is 6.75. The summed E-state index contributed by atoms with van der Waals surface area (Å²) in [7, 11) is 0. The molecular formula is C21H20N2OS. The minimum absolute atomic E-state index is 0.139. The maximum absolute atomic E-state index is 13.2. The third-order valence-corrected chi connectivity index (χ3v) is 5.84. The molecule has 0 unspecified atom stereocenters. The van der Waals surface area contributed by atoms with Crippen LogP contribution >= 0.6 is 11.8 Å². The molecule has 0 aromatic heterocycles. The summed E-state index contributed by atoms with van der Waals surface area (Å²) in [4.78, 5) is 16.4. The molecule has 4 rings (SSSR count). The lowest BCUT2D eigenvalue weighted by Gasteiger charge is -2.29. The highest BCUT2D eigenvalue weighted by Gasteiger charge is 2.39. The van der Waals surface area contributed by atoms with E-state index in [1.54, 1.807) is 0 Å². The summed E-state index contributed by atoms with van der Waals surface area (Å²) in [5.41, 5.74) is 3.50. The van der Waals surface area contributed by atoms with Gasteiger partial charge in [-0.25, -0.2) is 0 Å². The van der Waals surface area contributed by atoms with Crippen LogP contribution in [-0.4, -0.2) is 28.6 Å². The lowest BCUT2D eigenvalue weighted by Crippen LogP contribution is -2.42. The highest BCUT2D eigenvalue weighted by Crippen LogP contribution is 2.35. The minimum Gasteiger partial charge on any atom is -0.332 e. The summed E-state index contributed by atoms with van der Waals surface area (Å²) in [6, 6.07) is 19.1. The number of nitriles is 1. The summed E-state index contributed by atoms with van der Waals surface area (Å²) in [5.74, 6) is 0.543. The molecular weight excluding hydrogens is 328 g/mol. The smallest absolute Gasteiger partial charge is 0.254 e. The number of thioether (sulfide) groups is 1. The van der Waals surface area contributed by atoms with Crippen molar-refractivity contribution in [1.29, 1.82) is 5.26 Å². The van der Waals surface area contributed by atoms with Crippen LogP contribution in [0.3, 0.4) is 0 Å². The molecule has 2 aromatic carbocycles. The van der Waals surface area contributed by atoms with E-state index >= 15 is 0 Å². The van der Waals surface area contributed by atoms with Gasteiger partial charge in [-0.1, -0.05) is 30.3 Å². The Morgan fingerprint density at radius 1 is 1.08 bits per heavy atom. The first-order chi connectivity index (χ1) is 12.3. The molecule has 0 saturated heterocycles. The number of amides is 1. The van der Waals surface area contributed by atoms with Gasteiger partial charge >= 0.3 is 0 Å². The van der Waals surface area contributed by atoms with E-state index in [-0.39, 0.29) is 11.9 Å². The third-order valence-electron chi connectivity index (χ3n) is 4.98. The monoisotopic (exact) mass is 348 g/mol. The van der Waals surface area contributed by atoms with Crippen LogP contribution in [0.1, 0.15) is 34.3 Å². The van der Waals surface area contributed by atoms with E-state index < -0.39 is 0 Å². The SMILES string of the molecule is N#CCSc1cccc(C(=O)N(C2CC2)C2Cc3ccccc3C2)c1. The fourth-order valence-corrected chi connectivity index (χ4v) is 4.31. The molecule has 0 N–H and O–H groups in total. The van der Waals surface area contributed by atoms with Crippen molar-refractivity contribution in [1.82, 2.24) is 4.90 Å². The fourth-order valence-electron chi connectivity index (χ4n) is 3.70. The number of rotatable bonds is 5. The maximum Gasteiger partial charge on any atom is 0.254 e. The number of nitrogens with zero attached hydrogens (tertiary/aromatic N) is 2. The lowest BCUT2D eigenvalue weighted by atomic mass is 10.1. The molecule has 3 nitrogen and oxygen atoms in total. The third kappa shape index (κ3) is 3.43. The standard InChI is InChI=1S/C21H20N2OS/c22-10-11-25-20-7-3-6-17(14-20)21(24)23(18-8-9-18)19-12-15-4-1-2-5-16(15)13-19/h1-7,14,18-19H,8-9,11-13H2. The number of carbonyl (C=O) groups excluding carboxylic acids is 1. The van der Waals surface area contributed by atoms with Gasteiger partial charge in [-0.05, 0) is 55.0 Å².